The van der Waals surface area contributed by atoms with Gasteiger partial charge in [-0.05, 0) is 44.2 Å². The molecular formula is C12H27N3S. The lowest BCUT2D eigenvalue weighted by atomic mass is 10.2. The van der Waals surface area contributed by atoms with Crippen LogP contribution >= 0.6 is 12.2 Å². The van der Waals surface area contributed by atoms with Crippen LogP contribution in [0.25, 0.3) is 0 Å². The van der Waals surface area contributed by atoms with Gasteiger partial charge in [0.05, 0.1) is 0 Å². The molecule has 0 spiro atoms. The molecule has 0 aliphatic carbocycles. The minimum absolute atomic E-state index is 0.635. The maximum atomic E-state index is 5.17. The second-order valence-electron chi connectivity index (χ2n) is 4.41. The summed E-state index contributed by atoms with van der Waals surface area (Å²) in [4.78, 5) is 2.42. The molecule has 0 aliphatic rings. The standard InChI is InChI=1S/C12H27N3S/c1-5-15(6-2)9-7-8-13-12(16)14-10-11(3)4/h11H,5-10H2,1-4H3,(H2,13,14,16). The zero-order chi connectivity index (χ0) is 12.4. The van der Waals surface area contributed by atoms with Gasteiger partial charge in [-0.3, -0.25) is 0 Å². The third-order valence-electron chi connectivity index (χ3n) is 2.50. The summed E-state index contributed by atoms with van der Waals surface area (Å²) in [6, 6.07) is 0. The first-order chi connectivity index (χ1) is 7.60. The molecule has 0 saturated heterocycles. The summed E-state index contributed by atoms with van der Waals surface area (Å²) in [5.74, 6) is 0.635. The van der Waals surface area contributed by atoms with Crippen molar-refractivity contribution in [2.24, 2.45) is 5.92 Å². The van der Waals surface area contributed by atoms with Gasteiger partial charge in [-0.15, -0.1) is 0 Å². The molecule has 0 rings (SSSR count). The molecule has 0 bridgehead atoms. The van der Waals surface area contributed by atoms with Gasteiger partial charge in [0.15, 0.2) is 5.11 Å². The molecule has 96 valence electrons. The highest BCUT2D eigenvalue weighted by atomic mass is 32.1. The molecule has 0 saturated carbocycles. The Morgan fingerprint density at radius 1 is 1.19 bits per heavy atom. The Morgan fingerprint density at radius 3 is 2.31 bits per heavy atom. The van der Waals surface area contributed by atoms with Gasteiger partial charge in [0.25, 0.3) is 0 Å². The topological polar surface area (TPSA) is 27.3 Å². The van der Waals surface area contributed by atoms with Crippen LogP contribution in [0.4, 0.5) is 0 Å². The molecule has 4 heteroatoms. The van der Waals surface area contributed by atoms with E-state index >= 15 is 0 Å². The predicted molar refractivity (Wildman–Crippen MR) is 75.8 cm³/mol. The van der Waals surface area contributed by atoms with Crippen molar-refractivity contribution in [3.63, 3.8) is 0 Å². The van der Waals surface area contributed by atoms with Crippen LogP contribution in [-0.4, -0.2) is 42.7 Å². The van der Waals surface area contributed by atoms with Crippen LogP contribution < -0.4 is 10.6 Å². The Hall–Kier alpha value is -0.350. The van der Waals surface area contributed by atoms with Gasteiger partial charge in [-0.2, -0.15) is 0 Å². The second-order valence-corrected chi connectivity index (χ2v) is 4.82. The van der Waals surface area contributed by atoms with Crippen molar-refractivity contribution in [1.29, 1.82) is 0 Å². The largest absolute Gasteiger partial charge is 0.363 e. The number of hydrogen-bond acceptors (Lipinski definition) is 2. The maximum Gasteiger partial charge on any atom is 0.166 e. The number of thiocarbonyl (C=S) groups is 1. The van der Waals surface area contributed by atoms with E-state index in [1.54, 1.807) is 0 Å². The Morgan fingerprint density at radius 2 is 1.81 bits per heavy atom. The molecule has 0 amide bonds. The Balaban J connectivity index is 3.40. The molecule has 0 fully saturated rings. The van der Waals surface area contributed by atoms with Gasteiger partial charge in [0.2, 0.25) is 0 Å². The number of hydrogen-bond donors (Lipinski definition) is 2. The fourth-order valence-corrected chi connectivity index (χ4v) is 1.59. The van der Waals surface area contributed by atoms with Crippen LogP contribution in [0.15, 0.2) is 0 Å². The first kappa shape index (κ1) is 15.7. The molecule has 0 atom stereocenters. The van der Waals surface area contributed by atoms with E-state index in [2.05, 4.69) is 43.2 Å². The summed E-state index contributed by atoms with van der Waals surface area (Å²) in [5, 5.41) is 7.23. The molecule has 0 aromatic carbocycles. The first-order valence-corrected chi connectivity index (χ1v) is 6.75. The highest BCUT2D eigenvalue weighted by Crippen LogP contribution is 1.90. The SMILES string of the molecule is CCN(CC)CCCNC(=S)NCC(C)C. The van der Waals surface area contributed by atoms with Crippen molar-refractivity contribution in [3.05, 3.63) is 0 Å². The highest BCUT2D eigenvalue weighted by Gasteiger charge is 1.99. The van der Waals surface area contributed by atoms with Crippen molar-refractivity contribution >= 4 is 17.3 Å². The van der Waals surface area contributed by atoms with Crippen LogP contribution in [0.5, 0.6) is 0 Å². The zero-order valence-electron chi connectivity index (χ0n) is 11.2. The third kappa shape index (κ3) is 8.92. The Labute approximate surface area is 106 Å². The highest BCUT2D eigenvalue weighted by molar-refractivity contribution is 7.80. The van der Waals surface area contributed by atoms with E-state index in [0.29, 0.717) is 5.92 Å². The van der Waals surface area contributed by atoms with Crippen LogP contribution in [-0.2, 0) is 0 Å². The third-order valence-corrected chi connectivity index (χ3v) is 2.79. The second kappa shape index (κ2) is 9.85. The van der Waals surface area contributed by atoms with Crippen molar-refractivity contribution < 1.29 is 0 Å². The normalized spacial score (nSPS) is 10.9. The lowest BCUT2D eigenvalue weighted by Gasteiger charge is -2.18. The van der Waals surface area contributed by atoms with Gasteiger partial charge in [0, 0.05) is 13.1 Å². The number of nitrogens with one attached hydrogen (secondary N) is 2. The lowest BCUT2D eigenvalue weighted by Crippen LogP contribution is -2.38. The van der Waals surface area contributed by atoms with Crippen molar-refractivity contribution in [2.75, 3.05) is 32.7 Å². The van der Waals surface area contributed by atoms with Crippen LogP contribution in [0.3, 0.4) is 0 Å². The molecule has 0 aromatic rings. The van der Waals surface area contributed by atoms with E-state index in [9.17, 15) is 0 Å². The summed E-state index contributed by atoms with van der Waals surface area (Å²) >= 11 is 5.17. The van der Waals surface area contributed by atoms with Gasteiger partial charge in [-0.1, -0.05) is 27.7 Å². The zero-order valence-corrected chi connectivity index (χ0v) is 12.0. The molecule has 3 nitrogen and oxygen atoms in total. The average molecular weight is 245 g/mol. The molecule has 0 unspecified atom stereocenters. The van der Waals surface area contributed by atoms with Gasteiger partial charge < -0.3 is 15.5 Å². The summed E-state index contributed by atoms with van der Waals surface area (Å²) in [6.45, 7) is 14.1. The molecule has 0 heterocycles. The van der Waals surface area contributed by atoms with E-state index in [4.69, 9.17) is 12.2 Å². The van der Waals surface area contributed by atoms with E-state index in [1.807, 2.05) is 0 Å². The van der Waals surface area contributed by atoms with Crippen LogP contribution in [0.1, 0.15) is 34.1 Å². The lowest BCUT2D eigenvalue weighted by molar-refractivity contribution is 0.300. The first-order valence-electron chi connectivity index (χ1n) is 6.34. The average Bonchev–Trinajstić information content (AvgIpc) is 2.26. The van der Waals surface area contributed by atoms with E-state index in [1.165, 1.54) is 0 Å². The van der Waals surface area contributed by atoms with Crippen LogP contribution in [0, 0.1) is 5.92 Å². The van der Waals surface area contributed by atoms with E-state index in [0.717, 1.165) is 44.3 Å². The molecule has 2 N–H and O–H groups in total. The maximum absolute atomic E-state index is 5.17. The minimum atomic E-state index is 0.635. The van der Waals surface area contributed by atoms with Crippen molar-refractivity contribution in [1.82, 2.24) is 15.5 Å². The summed E-state index contributed by atoms with van der Waals surface area (Å²) in [7, 11) is 0. The minimum Gasteiger partial charge on any atom is -0.363 e. The van der Waals surface area contributed by atoms with Crippen molar-refractivity contribution in [2.45, 2.75) is 34.1 Å². The molecule has 16 heavy (non-hydrogen) atoms. The number of nitrogens with zero attached hydrogens (tertiary/aromatic N) is 1. The molecular weight excluding hydrogens is 218 g/mol. The monoisotopic (exact) mass is 245 g/mol. The van der Waals surface area contributed by atoms with Crippen LogP contribution in [0.2, 0.25) is 0 Å². The van der Waals surface area contributed by atoms with Crippen molar-refractivity contribution in [3.8, 4) is 0 Å². The number of rotatable bonds is 8. The van der Waals surface area contributed by atoms with Gasteiger partial charge in [-0.25, -0.2) is 0 Å². The summed E-state index contributed by atoms with van der Waals surface area (Å²) in [5.41, 5.74) is 0. The van der Waals surface area contributed by atoms with Gasteiger partial charge in [0.1, 0.15) is 0 Å². The molecule has 0 radical (unpaired) electrons. The fourth-order valence-electron chi connectivity index (χ4n) is 1.40. The summed E-state index contributed by atoms with van der Waals surface area (Å²) in [6.07, 6.45) is 1.14. The Bertz CT molecular complexity index is 179. The smallest absolute Gasteiger partial charge is 0.166 e. The molecule has 0 aromatic heterocycles. The Kier molecular flexibility index (Phi) is 9.63. The predicted octanol–water partition coefficient (Wildman–Crippen LogP) is 1.84. The van der Waals surface area contributed by atoms with E-state index < -0.39 is 0 Å². The summed E-state index contributed by atoms with van der Waals surface area (Å²) < 4.78 is 0. The fraction of sp³-hybridized carbons (Fsp3) is 0.917. The van der Waals surface area contributed by atoms with Gasteiger partial charge >= 0.3 is 0 Å². The molecule has 0 aliphatic heterocycles. The quantitative estimate of drug-likeness (QED) is 0.504. The van der Waals surface area contributed by atoms with E-state index in [-0.39, 0.29) is 0 Å².